The van der Waals surface area contributed by atoms with Gasteiger partial charge in [-0.25, -0.2) is 9.18 Å². The molecule has 0 spiro atoms. The molecule has 2 fully saturated rings. The lowest BCUT2D eigenvalue weighted by Crippen LogP contribution is -2.56. The lowest BCUT2D eigenvalue weighted by Gasteiger charge is -2.47. The summed E-state index contributed by atoms with van der Waals surface area (Å²) >= 11 is 0. The Morgan fingerprint density at radius 1 is 0.872 bits per heavy atom. The second-order valence-electron chi connectivity index (χ2n) is 10.7. The van der Waals surface area contributed by atoms with Gasteiger partial charge in [0.25, 0.3) is 0 Å². The molecule has 8 heteroatoms. The number of fused-ring (bicyclic) bond motifs is 5. The predicted octanol–water partition coefficient (Wildman–Crippen LogP) is 7.61. The summed E-state index contributed by atoms with van der Waals surface area (Å²) in [5.74, 6) is -2.45. The fourth-order valence-electron chi connectivity index (χ4n) is 6.75. The van der Waals surface area contributed by atoms with E-state index >= 15 is 0 Å². The molecule has 0 aromatic heterocycles. The van der Waals surface area contributed by atoms with Crippen LogP contribution in [0.15, 0.2) is 66.7 Å². The zero-order chi connectivity index (χ0) is 27.3. The zero-order valence-corrected chi connectivity index (χ0v) is 21.1. The molecule has 1 aliphatic carbocycles. The maximum Gasteiger partial charge on any atom is 0.417 e. The summed E-state index contributed by atoms with van der Waals surface area (Å²) in [6.45, 7) is 0.176. The normalized spacial score (nSPS) is 22.3. The zero-order valence-electron chi connectivity index (χ0n) is 21.1. The van der Waals surface area contributed by atoms with Crippen LogP contribution in [0.2, 0.25) is 0 Å². The van der Waals surface area contributed by atoms with Crippen molar-refractivity contribution in [3.63, 3.8) is 0 Å². The third-order valence-corrected chi connectivity index (χ3v) is 8.44. The molecule has 2 bridgehead atoms. The van der Waals surface area contributed by atoms with Gasteiger partial charge in [-0.3, -0.25) is 4.79 Å². The minimum absolute atomic E-state index is 0.0837. The molecule has 3 aromatic carbocycles. The molecule has 0 radical (unpaired) electrons. The highest BCUT2D eigenvalue weighted by molar-refractivity contribution is 5.99. The average molecular weight is 538 g/mol. The SMILES string of the molecule is O=C(c1ccc(F)cc1C(F)(F)F)C1CC2CCCC(C1)N2C(=O)OCC1c2ccccc2-c2ccccc21. The number of carbonyl (C=O) groups is 2. The van der Waals surface area contributed by atoms with Crippen LogP contribution in [-0.2, 0) is 10.9 Å². The van der Waals surface area contributed by atoms with Gasteiger partial charge in [-0.05, 0) is 72.6 Å². The third kappa shape index (κ3) is 4.60. The summed E-state index contributed by atoms with van der Waals surface area (Å²) < 4.78 is 60.2. The molecule has 6 rings (SSSR count). The number of hydrogen-bond acceptors (Lipinski definition) is 3. The van der Waals surface area contributed by atoms with Crippen molar-refractivity contribution in [2.45, 2.75) is 56.3 Å². The van der Waals surface area contributed by atoms with E-state index in [-0.39, 0.29) is 37.5 Å². The highest BCUT2D eigenvalue weighted by Crippen LogP contribution is 2.45. The van der Waals surface area contributed by atoms with Crippen LogP contribution in [0.3, 0.4) is 0 Å². The molecule has 2 aliphatic heterocycles. The highest BCUT2D eigenvalue weighted by Gasteiger charge is 2.45. The first kappa shape index (κ1) is 25.6. The van der Waals surface area contributed by atoms with Gasteiger partial charge in [0.2, 0.25) is 0 Å². The Hall–Kier alpha value is -3.68. The summed E-state index contributed by atoms with van der Waals surface area (Å²) in [5, 5.41) is 0. The van der Waals surface area contributed by atoms with Gasteiger partial charge in [-0.1, -0.05) is 48.5 Å². The molecule has 202 valence electrons. The number of piperidine rings is 2. The molecular formula is C31H27F4NO3. The minimum Gasteiger partial charge on any atom is -0.448 e. The van der Waals surface area contributed by atoms with Crippen molar-refractivity contribution in [3.05, 3.63) is 94.8 Å². The minimum atomic E-state index is -4.84. The second kappa shape index (κ2) is 9.81. The van der Waals surface area contributed by atoms with E-state index in [4.69, 9.17) is 4.74 Å². The van der Waals surface area contributed by atoms with Crippen LogP contribution in [0.1, 0.15) is 65.1 Å². The number of nitrogens with zero attached hydrogens (tertiary/aromatic N) is 1. The molecular weight excluding hydrogens is 510 g/mol. The van der Waals surface area contributed by atoms with Gasteiger partial charge in [-0.2, -0.15) is 13.2 Å². The Morgan fingerprint density at radius 2 is 1.46 bits per heavy atom. The summed E-state index contributed by atoms with van der Waals surface area (Å²) in [6.07, 6.45) is -2.60. The molecule has 2 saturated heterocycles. The predicted molar refractivity (Wildman–Crippen MR) is 137 cm³/mol. The first-order valence-electron chi connectivity index (χ1n) is 13.3. The molecule has 1 amide bonds. The van der Waals surface area contributed by atoms with E-state index in [1.807, 2.05) is 36.4 Å². The van der Waals surface area contributed by atoms with Gasteiger partial charge in [0, 0.05) is 29.5 Å². The summed E-state index contributed by atoms with van der Waals surface area (Å²) in [7, 11) is 0. The average Bonchev–Trinajstić information content (AvgIpc) is 3.23. The van der Waals surface area contributed by atoms with Gasteiger partial charge in [0.05, 0.1) is 5.56 Å². The van der Waals surface area contributed by atoms with Crippen molar-refractivity contribution in [1.82, 2.24) is 4.90 Å². The van der Waals surface area contributed by atoms with E-state index in [1.165, 1.54) is 0 Å². The Balaban J connectivity index is 1.18. The molecule has 0 saturated carbocycles. The molecule has 3 aromatic rings. The number of hydrogen-bond donors (Lipinski definition) is 0. The highest BCUT2D eigenvalue weighted by atomic mass is 19.4. The van der Waals surface area contributed by atoms with Crippen LogP contribution in [0, 0.1) is 11.7 Å². The van der Waals surface area contributed by atoms with Crippen LogP contribution in [0.25, 0.3) is 11.1 Å². The standard InChI is InChI=1S/C31H27F4NO3/c32-19-12-13-26(28(16-19)31(33,34)35)29(37)18-14-20-6-5-7-21(15-18)36(20)30(38)39-17-27-24-10-3-1-8-22(24)23-9-2-4-11-25(23)27/h1-4,8-13,16,18,20-21,27H,5-7,14-15,17H2. The molecule has 39 heavy (non-hydrogen) atoms. The van der Waals surface area contributed by atoms with Crippen molar-refractivity contribution in [3.8, 4) is 11.1 Å². The van der Waals surface area contributed by atoms with Crippen molar-refractivity contribution >= 4 is 11.9 Å². The maximum absolute atomic E-state index is 13.6. The van der Waals surface area contributed by atoms with Crippen LogP contribution in [0.5, 0.6) is 0 Å². The fourth-order valence-corrected chi connectivity index (χ4v) is 6.75. The van der Waals surface area contributed by atoms with E-state index in [9.17, 15) is 27.2 Å². The monoisotopic (exact) mass is 537 g/mol. The molecule has 2 unspecified atom stereocenters. The number of Topliss-reactive ketones (excluding diaryl/α,β-unsaturated/α-hetero) is 1. The van der Waals surface area contributed by atoms with Crippen molar-refractivity contribution in [2.75, 3.05) is 6.61 Å². The van der Waals surface area contributed by atoms with E-state index in [0.29, 0.717) is 18.9 Å². The number of rotatable bonds is 4. The molecule has 2 heterocycles. The number of ketones is 1. The van der Waals surface area contributed by atoms with Crippen LogP contribution in [-0.4, -0.2) is 35.5 Å². The van der Waals surface area contributed by atoms with Crippen molar-refractivity contribution in [1.29, 1.82) is 0 Å². The van der Waals surface area contributed by atoms with Crippen molar-refractivity contribution < 1.29 is 31.9 Å². The summed E-state index contributed by atoms with van der Waals surface area (Å²) in [6, 6.07) is 17.7. The van der Waals surface area contributed by atoms with E-state index in [2.05, 4.69) is 12.1 Å². The van der Waals surface area contributed by atoms with Gasteiger partial charge in [0.1, 0.15) is 12.4 Å². The van der Waals surface area contributed by atoms with Crippen LogP contribution >= 0.6 is 0 Å². The second-order valence-corrected chi connectivity index (χ2v) is 10.7. The van der Waals surface area contributed by atoms with Crippen molar-refractivity contribution in [2.24, 2.45) is 5.92 Å². The Labute approximate surface area is 223 Å². The van der Waals surface area contributed by atoms with E-state index < -0.39 is 40.9 Å². The molecule has 3 aliphatic rings. The first-order valence-corrected chi connectivity index (χ1v) is 13.3. The Morgan fingerprint density at radius 3 is 2.05 bits per heavy atom. The van der Waals surface area contributed by atoms with Crippen LogP contribution < -0.4 is 0 Å². The number of alkyl halides is 3. The van der Waals surface area contributed by atoms with E-state index in [0.717, 1.165) is 40.8 Å². The van der Waals surface area contributed by atoms with Gasteiger partial charge in [-0.15, -0.1) is 0 Å². The molecule has 4 nitrogen and oxygen atoms in total. The number of benzene rings is 3. The first-order chi connectivity index (χ1) is 18.7. The lowest BCUT2D eigenvalue weighted by molar-refractivity contribution is -0.138. The topological polar surface area (TPSA) is 46.6 Å². The largest absolute Gasteiger partial charge is 0.448 e. The quantitative estimate of drug-likeness (QED) is 0.254. The fraction of sp³-hybridized carbons (Fsp3) is 0.355. The smallest absolute Gasteiger partial charge is 0.417 e. The van der Waals surface area contributed by atoms with Gasteiger partial charge in [0.15, 0.2) is 5.78 Å². The number of carbonyl (C=O) groups excluding carboxylic acids is 2. The number of amides is 1. The number of halogens is 4. The lowest BCUT2D eigenvalue weighted by atomic mass is 9.75. The summed E-state index contributed by atoms with van der Waals surface area (Å²) in [4.78, 5) is 28.4. The third-order valence-electron chi connectivity index (χ3n) is 8.44. The van der Waals surface area contributed by atoms with E-state index in [1.54, 1.807) is 4.90 Å². The summed E-state index contributed by atoms with van der Waals surface area (Å²) in [5.41, 5.74) is 2.71. The number of ether oxygens (including phenoxy) is 1. The molecule has 2 atom stereocenters. The Kier molecular flexibility index (Phi) is 6.44. The maximum atomic E-state index is 13.6. The van der Waals surface area contributed by atoms with Gasteiger partial charge >= 0.3 is 12.3 Å². The van der Waals surface area contributed by atoms with Gasteiger partial charge < -0.3 is 9.64 Å². The molecule has 0 N–H and O–H groups in total. The Bertz CT molecular complexity index is 1380. The van der Waals surface area contributed by atoms with Crippen LogP contribution in [0.4, 0.5) is 22.4 Å².